The molecule has 34 heavy (non-hydrogen) atoms. The number of nitrogens with one attached hydrogen (secondary N) is 1. The van der Waals surface area contributed by atoms with Gasteiger partial charge in [0.05, 0.1) is 19.0 Å². The fourth-order valence-electron chi connectivity index (χ4n) is 3.86. The molecule has 0 aromatic carbocycles. The molecule has 192 valence electrons. The van der Waals surface area contributed by atoms with Crippen LogP contribution in [0.3, 0.4) is 0 Å². The number of fused-ring (bicyclic) bond motifs is 1. The fourth-order valence-corrected chi connectivity index (χ4v) is 3.86. The van der Waals surface area contributed by atoms with Crippen molar-refractivity contribution in [3.8, 4) is 0 Å². The predicted octanol–water partition coefficient (Wildman–Crippen LogP) is 2.60. The number of aromatic nitrogens is 3. The minimum atomic E-state index is -4.42. The van der Waals surface area contributed by atoms with Crippen molar-refractivity contribution in [3.63, 3.8) is 0 Å². The Morgan fingerprint density at radius 2 is 1.88 bits per heavy atom. The van der Waals surface area contributed by atoms with Gasteiger partial charge < -0.3 is 15.1 Å². The maximum Gasteiger partial charge on any atom is 0.389 e. The third-order valence-electron chi connectivity index (χ3n) is 5.87. The number of alkyl halides is 3. The summed E-state index contributed by atoms with van der Waals surface area (Å²) in [5.41, 5.74) is 0. The number of aryl methyl sites for hydroxylation is 1. The van der Waals surface area contributed by atoms with Gasteiger partial charge in [-0.25, -0.2) is 9.67 Å². The quantitative estimate of drug-likeness (QED) is 0.702. The van der Waals surface area contributed by atoms with Crippen LogP contribution >= 0.6 is 0 Å². The van der Waals surface area contributed by atoms with Crippen molar-refractivity contribution in [2.45, 2.75) is 84.6 Å². The van der Waals surface area contributed by atoms with Crippen molar-refractivity contribution in [3.05, 3.63) is 11.6 Å². The Hall–Kier alpha value is -2.66. The first kappa shape index (κ1) is 27.6. The van der Waals surface area contributed by atoms with Crippen LogP contribution in [0, 0.1) is 12.8 Å². The average molecular weight is 489 g/mol. The Bertz CT molecular complexity index is 871. The largest absolute Gasteiger partial charge is 0.389 e. The van der Waals surface area contributed by atoms with E-state index in [1.54, 1.807) is 18.5 Å². The SMILES string of the molecule is Cc1nc2n(n1)CCN(C(=O)CCC(F)(F)F)CCCC(=O)N(C)[C@@H](C)C(=O)N[C@@H]2CC(C)C. The molecule has 2 atom stereocenters. The van der Waals surface area contributed by atoms with Crippen molar-refractivity contribution in [1.82, 2.24) is 29.9 Å². The highest BCUT2D eigenvalue weighted by Gasteiger charge is 2.31. The topological polar surface area (TPSA) is 100 Å². The van der Waals surface area contributed by atoms with Gasteiger partial charge in [-0.2, -0.15) is 18.3 Å². The van der Waals surface area contributed by atoms with E-state index in [2.05, 4.69) is 15.4 Å². The van der Waals surface area contributed by atoms with Gasteiger partial charge in [0, 0.05) is 33.0 Å². The third kappa shape index (κ3) is 7.98. The molecule has 0 fully saturated rings. The van der Waals surface area contributed by atoms with E-state index in [-0.39, 0.29) is 50.2 Å². The van der Waals surface area contributed by atoms with E-state index in [9.17, 15) is 27.6 Å². The number of hydrogen-bond acceptors (Lipinski definition) is 5. The molecule has 1 N–H and O–H groups in total. The summed E-state index contributed by atoms with van der Waals surface area (Å²) in [5.74, 6) is 0.00314. The standard InChI is InChI=1S/C22H35F3N6O3/c1-14(2)13-17-20-26-16(4)28-31(20)12-11-30(19(33)8-9-22(23,24)25)10-6-7-18(32)29(5)15(3)21(34)27-17/h14-15,17H,6-13H2,1-5H3,(H,27,34)/t15-,17+/m0/s1. The van der Waals surface area contributed by atoms with Crippen LogP contribution in [0.1, 0.15) is 70.6 Å². The zero-order valence-electron chi connectivity index (χ0n) is 20.5. The summed E-state index contributed by atoms with van der Waals surface area (Å²) in [5, 5.41) is 7.38. The zero-order valence-corrected chi connectivity index (χ0v) is 20.5. The van der Waals surface area contributed by atoms with Crippen LogP contribution in [0.15, 0.2) is 0 Å². The van der Waals surface area contributed by atoms with Crippen LogP contribution in [0.25, 0.3) is 0 Å². The molecular formula is C22H35F3N6O3. The van der Waals surface area contributed by atoms with Crippen molar-refractivity contribution in [1.29, 1.82) is 0 Å². The number of likely N-dealkylation sites (N-methyl/N-ethyl adjacent to an activating group) is 1. The highest BCUT2D eigenvalue weighted by molar-refractivity contribution is 5.87. The van der Waals surface area contributed by atoms with Crippen LogP contribution in [0.2, 0.25) is 0 Å². The van der Waals surface area contributed by atoms with Gasteiger partial charge in [-0.1, -0.05) is 13.8 Å². The van der Waals surface area contributed by atoms with E-state index in [4.69, 9.17) is 0 Å². The molecule has 1 aromatic heterocycles. The minimum Gasteiger partial charge on any atom is -0.344 e. The normalized spacial score (nSPS) is 21.3. The molecule has 2 rings (SSSR count). The Balaban J connectivity index is 2.36. The monoisotopic (exact) mass is 488 g/mol. The van der Waals surface area contributed by atoms with E-state index in [1.807, 2.05) is 13.8 Å². The predicted molar refractivity (Wildman–Crippen MR) is 118 cm³/mol. The van der Waals surface area contributed by atoms with Crippen LogP contribution in [-0.4, -0.2) is 74.6 Å². The Kier molecular flexibility index (Phi) is 9.45. The molecule has 3 amide bonds. The van der Waals surface area contributed by atoms with Gasteiger partial charge in [0.25, 0.3) is 0 Å². The van der Waals surface area contributed by atoms with Crippen LogP contribution in [0.4, 0.5) is 13.2 Å². The lowest BCUT2D eigenvalue weighted by Crippen LogP contribution is -2.47. The number of amides is 3. The maximum absolute atomic E-state index is 12.9. The van der Waals surface area contributed by atoms with Gasteiger partial charge in [0.2, 0.25) is 17.7 Å². The van der Waals surface area contributed by atoms with Crippen LogP contribution in [-0.2, 0) is 20.9 Å². The molecule has 0 aliphatic carbocycles. The van der Waals surface area contributed by atoms with Gasteiger partial charge in [-0.15, -0.1) is 0 Å². The summed E-state index contributed by atoms with van der Waals surface area (Å²) in [6.45, 7) is 7.82. The smallest absolute Gasteiger partial charge is 0.344 e. The molecule has 0 saturated carbocycles. The molecule has 12 heteroatoms. The van der Waals surface area contributed by atoms with Crippen LogP contribution < -0.4 is 5.32 Å². The summed E-state index contributed by atoms with van der Waals surface area (Å²) in [6, 6.07) is -1.20. The first-order valence-corrected chi connectivity index (χ1v) is 11.6. The zero-order chi connectivity index (χ0) is 25.6. The van der Waals surface area contributed by atoms with Crippen molar-refractivity contribution in [2.24, 2.45) is 5.92 Å². The first-order chi connectivity index (χ1) is 15.8. The molecule has 0 radical (unpaired) electrons. The average Bonchev–Trinajstić information content (AvgIpc) is 3.11. The van der Waals surface area contributed by atoms with E-state index in [1.165, 1.54) is 16.8 Å². The number of hydrogen-bond donors (Lipinski definition) is 1. The summed E-state index contributed by atoms with van der Waals surface area (Å²) in [4.78, 5) is 45.3. The van der Waals surface area contributed by atoms with Gasteiger partial charge >= 0.3 is 6.18 Å². The van der Waals surface area contributed by atoms with Gasteiger partial charge in [0.1, 0.15) is 17.7 Å². The van der Waals surface area contributed by atoms with Gasteiger partial charge in [-0.05, 0) is 32.6 Å². The number of halogens is 3. The molecule has 0 saturated heterocycles. The lowest BCUT2D eigenvalue weighted by molar-refractivity contribution is -0.149. The van der Waals surface area contributed by atoms with Crippen molar-refractivity contribution in [2.75, 3.05) is 20.1 Å². The molecular weight excluding hydrogens is 453 g/mol. The highest BCUT2D eigenvalue weighted by Crippen LogP contribution is 2.23. The highest BCUT2D eigenvalue weighted by atomic mass is 19.4. The van der Waals surface area contributed by atoms with Crippen molar-refractivity contribution < 1.29 is 27.6 Å². The molecule has 0 unspecified atom stereocenters. The number of rotatable bonds is 4. The van der Waals surface area contributed by atoms with E-state index >= 15 is 0 Å². The second-order valence-electron chi connectivity index (χ2n) is 9.21. The summed E-state index contributed by atoms with van der Waals surface area (Å²) < 4.78 is 39.6. The Morgan fingerprint density at radius 3 is 2.50 bits per heavy atom. The second-order valence-corrected chi connectivity index (χ2v) is 9.21. The van der Waals surface area contributed by atoms with Crippen LogP contribution in [0.5, 0.6) is 0 Å². The third-order valence-corrected chi connectivity index (χ3v) is 5.87. The summed E-state index contributed by atoms with van der Waals surface area (Å²) in [7, 11) is 1.54. The first-order valence-electron chi connectivity index (χ1n) is 11.6. The summed E-state index contributed by atoms with van der Waals surface area (Å²) >= 11 is 0. The molecule has 1 aliphatic rings. The van der Waals surface area contributed by atoms with E-state index in [0.717, 1.165) is 0 Å². The fraction of sp³-hybridized carbons (Fsp3) is 0.773. The minimum absolute atomic E-state index is 0.0697. The lowest BCUT2D eigenvalue weighted by Gasteiger charge is -2.29. The van der Waals surface area contributed by atoms with Gasteiger partial charge in [0.15, 0.2) is 0 Å². The molecule has 0 spiro atoms. The lowest BCUT2D eigenvalue weighted by atomic mass is 10.0. The molecule has 9 nitrogen and oxygen atoms in total. The molecule has 2 heterocycles. The number of nitrogens with zero attached hydrogens (tertiary/aromatic N) is 5. The molecule has 1 aromatic rings. The van der Waals surface area contributed by atoms with Gasteiger partial charge in [-0.3, -0.25) is 14.4 Å². The second kappa shape index (κ2) is 11.7. The maximum atomic E-state index is 12.9. The molecule has 0 bridgehead atoms. The summed E-state index contributed by atoms with van der Waals surface area (Å²) in [6.07, 6.45) is -5.36. The number of carbonyl (C=O) groups excluding carboxylic acids is 3. The van der Waals surface area contributed by atoms with E-state index in [0.29, 0.717) is 18.1 Å². The number of carbonyl (C=O) groups is 3. The van der Waals surface area contributed by atoms with Crippen molar-refractivity contribution >= 4 is 17.7 Å². The Morgan fingerprint density at radius 1 is 1.21 bits per heavy atom. The Labute approximate surface area is 198 Å². The molecule has 1 aliphatic heterocycles. The van der Waals surface area contributed by atoms with E-state index < -0.39 is 37.0 Å².